The lowest BCUT2D eigenvalue weighted by Crippen LogP contribution is -2.23. The van der Waals surface area contributed by atoms with Gasteiger partial charge in [0, 0.05) is 4.91 Å². The van der Waals surface area contributed by atoms with Crippen LogP contribution in [0.4, 0.5) is 0 Å². The number of nitrogens with zero attached hydrogens (tertiary/aromatic N) is 4. The van der Waals surface area contributed by atoms with E-state index in [0.717, 1.165) is 5.56 Å². The minimum absolute atomic E-state index is 0.259. The van der Waals surface area contributed by atoms with Crippen molar-refractivity contribution in [3.8, 4) is 6.07 Å². The third-order valence-corrected chi connectivity index (χ3v) is 2.01. The van der Waals surface area contributed by atoms with Gasteiger partial charge in [0.15, 0.2) is 6.61 Å². The molecule has 0 fully saturated rings. The molecule has 0 radical (unpaired) electrons. The van der Waals surface area contributed by atoms with Crippen LogP contribution in [0.1, 0.15) is 5.56 Å². The Balaban J connectivity index is 2.70. The maximum atomic E-state index is 11.5. The van der Waals surface area contributed by atoms with Gasteiger partial charge in [-0.3, -0.25) is 4.79 Å². The highest BCUT2D eigenvalue weighted by Crippen LogP contribution is 2.07. The normalized spacial score (nSPS) is 10.8. The molecule has 0 saturated heterocycles. The van der Waals surface area contributed by atoms with Crippen LogP contribution in [0.3, 0.4) is 0 Å². The van der Waals surface area contributed by atoms with E-state index in [1.165, 1.54) is 0 Å². The summed E-state index contributed by atoms with van der Waals surface area (Å²) in [6.45, 7) is -0.342. The lowest BCUT2D eigenvalue weighted by Gasteiger charge is -2.09. The lowest BCUT2D eigenvalue weighted by molar-refractivity contribution is -0.143. The summed E-state index contributed by atoms with van der Waals surface area (Å²) >= 11 is 0. The number of ether oxygens (including phenoxy) is 1. The molecule has 0 N–H and O–H groups in total. The summed E-state index contributed by atoms with van der Waals surface area (Å²) in [6, 6.07) is 9.87. The highest BCUT2D eigenvalue weighted by molar-refractivity contribution is 5.76. The Morgan fingerprint density at radius 1 is 1.53 bits per heavy atom. The molecule has 6 nitrogen and oxygen atoms in total. The number of azide groups is 1. The number of nitriles is 1. The van der Waals surface area contributed by atoms with Crippen LogP contribution < -0.4 is 0 Å². The maximum absolute atomic E-state index is 11.5. The Bertz CT molecular complexity index is 460. The van der Waals surface area contributed by atoms with Gasteiger partial charge in [0.1, 0.15) is 12.1 Å². The number of rotatable bonds is 5. The van der Waals surface area contributed by atoms with Gasteiger partial charge in [0.05, 0.1) is 0 Å². The van der Waals surface area contributed by atoms with Crippen molar-refractivity contribution in [2.24, 2.45) is 5.11 Å². The molecule has 0 saturated carbocycles. The van der Waals surface area contributed by atoms with Crippen LogP contribution in [-0.2, 0) is 16.0 Å². The molecule has 0 aliphatic rings. The molecule has 1 atom stereocenters. The van der Waals surface area contributed by atoms with Gasteiger partial charge in [-0.25, -0.2) is 0 Å². The smallest absolute Gasteiger partial charge is 0.316 e. The molecular formula is C11H10N4O2. The van der Waals surface area contributed by atoms with Gasteiger partial charge in [-0.1, -0.05) is 35.4 Å². The fourth-order valence-electron chi connectivity index (χ4n) is 1.27. The molecule has 0 spiro atoms. The van der Waals surface area contributed by atoms with E-state index in [2.05, 4.69) is 14.8 Å². The summed E-state index contributed by atoms with van der Waals surface area (Å²) in [4.78, 5) is 14.1. The Labute approximate surface area is 98.1 Å². The summed E-state index contributed by atoms with van der Waals surface area (Å²) in [6.07, 6.45) is 0.259. The van der Waals surface area contributed by atoms with Crippen LogP contribution in [0.2, 0.25) is 0 Å². The van der Waals surface area contributed by atoms with E-state index in [1.54, 1.807) is 6.07 Å². The van der Waals surface area contributed by atoms with Gasteiger partial charge in [-0.05, 0) is 17.5 Å². The summed E-state index contributed by atoms with van der Waals surface area (Å²) in [7, 11) is 0. The van der Waals surface area contributed by atoms with Gasteiger partial charge >= 0.3 is 5.97 Å². The number of hydrogen-bond donors (Lipinski definition) is 0. The van der Waals surface area contributed by atoms with Crippen LogP contribution in [0.15, 0.2) is 35.4 Å². The Morgan fingerprint density at radius 2 is 2.24 bits per heavy atom. The van der Waals surface area contributed by atoms with Crippen molar-refractivity contribution in [2.75, 3.05) is 6.61 Å². The van der Waals surface area contributed by atoms with E-state index in [9.17, 15) is 4.79 Å². The average Bonchev–Trinajstić information content (AvgIpc) is 2.36. The highest BCUT2D eigenvalue weighted by atomic mass is 16.5. The van der Waals surface area contributed by atoms with Crippen molar-refractivity contribution >= 4 is 5.97 Å². The Kier molecular flexibility index (Phi) is 5.08. The molecule has 0 aromatic heterocycles. The van der Waals surface area contributed by atoms with E-state index in [1.807, 2.05) is 30.3 Å². The summed E-state index contributed by atoms with van der Waals surface area (Å²) in [5, 5.41) is 11.7. The molecule has 0 aliphatic carbocycles. The molecule has 86 valence electrons. The van der Waals surface area contributed by atoms with Crippen LogP contribution in [0.25, 0.3) is 10.4 Å². The van der Waals surface area contributed by atoms with E-state index >= 15 is 0 Å². The second-order valence-corrected chi connectivity index (χ2v) is 3.18. The Morgan fingerprint density at radius 3 is 2.82 bits per heavy atom. The molecule has 0 heterocycles. The fraction of sp³-hybridized carbons (Fsp3) is 0.273. The number of benzene rings is 1. The average molecular weight is 230 g/mol. The third-order valence-electron chi connectivity index (χ3n) is 2.01. The molecule has 0 bridgehead atoms. The van der Waals surface area contributed by atoms with E-state index in [0.29, 0.717) is 0 Å². The predicted octanol–water partition coefficient (Wildman–Crippen LogP) is 1.97. The van der Waals surface area contributed by atoms with Crippen molar-refractivity contribution in [1.82, 2.24) is 0 Å². The summed E-state index contributed by atoms with van der Waals surface area (Å²) in [5.74, 6) is -0.687. The number of esters is 1. The lowest BCUT2D eigenvalue weighted by atomic mass is 10.1. The van der Waals surface area contributed by atoms with Crippen LogP contribution >= 0.6 is 0 Å². The largest absolute Gasteiger partial charge is 0.450 e. The second-order valence-electron chi connectivity index (χ2n) is 3.18. The van der Waals surface area contributed by atoms with Gasteiger partial charge < -0.3 is 4.74 Å². The monoisotopic (exact) mass is 230 g/mol. The topological polar surface area (TPSA) is 98.8 Å². The predicted molar refractivity (Wildman–Crippen MR) is 59.7 cm³/mol. The molecular weight excluding hydrogens is 220 g/mol. The molecule has 1 aromatic carbocycles. The maximum Gasteiger partial charge on any atom is 0.316 e. The third kappa shape index (κ3) is 4.24. The molecule has 0 aliphatic heterocycles. The van der Waals surface area contributed by atoms with Gasteiger partial charge in [-0.15, -0.1) is 0 Å². The van der Waals surface area contributed by atoms with E-state index < -0.39 is 12.0 Å². The molecule has 1 aromatic rings. The first-order chi connectivity index (χ1) is 8.27. The fourth-order valence-corrected chi connectivity index (χ4v) is 1.27. The minimum atomic E-state index is -0.934. The standard InChI is InChI=1S/C11H10N4O2/c12-6-7-17-11(16)10(14-15-13)8-9-4-2-1-3-5-9/h1-5,10H,7-8H2. The first-order valence-electron chi connectivity index (χ1n) is 4.89. The molecule has 0 amide bonds. The van der Waals surface area contributed by atoms with Gasteiger partial charge in [0.2, 0.25) is 0 Å². The quantitative estimate of drug-likeness (QED) is 0.334. The van der Waals surface area contributed by atoms with Crippen LogP contribution in [0.5, 0.6) is 0 Å². The Hall–Kier alpha value is -2.51. The van der Waals surface area contributed by atoms with Crippen LogP contribution in [-0.4, -0.2) is 18.6 Å². The first kappa shape index (κ1) is 12.6. The number of hydrogen-bond acceptors (Lipinski definition) is 4. The SMILES string of the molecule is N#CCOC(=O)C(Cc1ccccc1)N=[N+]=[N-]. The van der Waals surface area contributed by atoms with Crippen molar-refractivity contribution in [2.45, 2.75) is 12.5 Å². The van der Waals surface area contributed by atoms with Gasteiger partial charge in [0.25, 0.3) is 0 Å². The highest BCUT2D eigenvalue weighted by Gasteiger charge is 2.18. The molecule has 1 unspecified atom stereocenters. The second kappa shape index (κ2) is 6.88. The molecule has 6 heteroatoms. The molecule has 17 heavy (non-hydrogen) atoms. The number of carbonyl (C=O) groups is 1. The molecule has 1 rings (SSSR count). The van der Waals surface area contributed by atoms with Crippen LogP contribution in [0, 0.1) is 11.3 Å². The summed E-state index contributed by atoms with van der Waals surface area (Å²) in [5.41, 5.74) is 9.23. The zero-order valence-electron chi connectivity index (χ0n) is 8.98. The van der Waals surface area contributed by atoms with Crippen molar-refractivity contribution in [1.29, 1.82) is 5.26 Å². The first-order valence-corrected chi connectivity index (χ1v) is 4.89. The van der Waals surface area contributed by atoms with Crippen molar-refractivity contribution in [3.63, 3.8) is 0 Å². The summed E-state index contributed by atoms with van der Waals surface area (Å²) < 4.78 is 4.61. The zero-order chi connectivity index (χ0) is 12.5. The minimum Gasteiger partial charge on any atom is -0.450 e. The van der Waals surface area contributed by atoms with Gasteiger partial charge in [-0.2, -0.15) is 5.26 Å². The van der Waals surface area contributed by atoms with E-state index in [-0.39, 0.29) is 13.0 Å². The van der Waals surface area contributed by atoms with E-state index in [4.69, 9.17) is 10.8 Å². The van der Waals surface area contributed by atoms with Crippen molar-refractivity contribution < 1.29 is 9.53 Å². The van der Waals surface area contributed by atoms with Crippen molar-refractivity contribution in [3.05, 3.63) is 46.3 Å². The number of carbonyl (C=O) groups excluding carboxylic acids is 1. The zero-order valence-corrected chi connectivity index (χ0v) is 8.98.